The lowest BCUT2D eigenvalue weighted by Crippen LogP contribution is -2.62. The summed E-state index contributed by atoms with van der Waals surface area (Å²) < 4.78 is 10.00. The fourth-order valence-electron chi connectivity index (χ4n) is 16.7. The van der Waals surface area contributed by atoms with Gasteiger partial charge in [0.2, 0.25) is 0 Å². The third-order valence-corrected chi connectivity index (χ3v) is 22.7. The van der Waals surface area contributed by atoms with Crippen molar-refractivity contribution in [1.29, 1.82) is 0 Å². The Morgan fingerprint density at radius 3 is 1.83 bits per heavy atom. The van der Waals surface area contributed by atoms with Gasteiger partial charge in [-0.1, -0.05) is 148 Å². The molecule has 2 unspecified atom stereocenters. The summed E-state index contributed by atoms with van der Waals surface area (Å²) in [4.78, 5) is 8.28. The van der Waals surface area contributed by atoms with Crippen molar-refractivity contribution in [3.63, 3.8) is 0 Å². The van der Waals surface area contributed by atoms with E-state index >= 15 is 0 Å². The number of benzene rings is 8. The first-order valence-corrected chi connectivity index (χ1v) is 30.1. The number of hydrogen-bond donors (Lipinski definition) is 0. The maximum absolute atomic E-state index is 7.39. The number of nitrogens with zero attached hydrogens (tertiary/aromatic N) is 3. The highest BCUT2D eigenvalue weighted by Crippen LogP contribution is 2.62. The van der Waals surface area contributed by atoms with Crippen molar-refractivity contribution in [2.24, 2.45) is 0 Å². The normalized spacial score (nSPS) is 22.7. The Morgan fingerprint density at radius 2 is 1.05 bits per heavy atom. The van der Waals surface area contributed by atoms with Crippen molar-refractivity contribution < 1.29 is 4.42 Å². The number of rotatable bonds is 3. The van der Waals surface area contributed by atoms with Crippen LogP contribution in [-0.2, 0) is 27.1 Å². The number of hydrogen-bond acceptors (Lipinski definition) is 5. The van der Waals surface area contributed by atoms with Crippen molar-refractivity contribution in [3.8, 4) is 0 Å². The zero-order chi connectivity index (χ0) is 53.2. The van der Waals surface area contributed by atoms with Gasteiger partial charge in [-0.15, -0.1) is 11.3 Å². The quantitative estimate of drug-likeness (QED) is 0.165. The van der Waals surface area contributed by atoms with Gasteiger partial charge in [0.05, 0.1) is 11.2 Å². The molecule has 3 aliphatic heterocycles. The van der Waals surface area contributed by atoms with Crippen molar-refractivity contribution in [1.82, 2.24) is 0 Å². The molecule has 0 bridgehead atoms. The van der Waals surface area contributed by atoms with Crippen LogP contribution in [0.25, 0.3) is 42.1 Å². The molecule has 0 spiro atoms. The summed E-state index contributed by atoms with van der Waals surface area (Å²) in [5.74, 6) is 0. The third-order valence-electron chi connectivity index (χ3n) is 21.5. The van der Waals surface area contributed by atoms with Crippen LogP contribution in [0.4, 0.5) is 45.5 Å². The van der Waals surface area contributed by atoms with Crippen molar-refractivity contribution in [3.05, 3.63) is 173 Å². The standard InChI is InChI=1S/C72H70BN3OS/c1-67(2)34-35-68(3,4)50-38-43(28-30-48(50)67)74-57-42-52-51(69(5,6)36-37-70(52,7)8)41-53(57)73-64-58(74)39-44(76-54-23-14-13-22-49(54)71(9)32-17-18-33-72(71,76)10)40-59(64)75(55-24-19-27-62-63(55)47-21-12-16-26-61(47)78-62)56-31-29-46-45-20-11-15-25-60(45)77-66(46)65(56)73/h11-16,19-31,38-42H,17-18,32-37H2,1-10H3. The average Bonchev–Trinajstić information content (AvgIpc) is 4.24. The SMILES string of the molecule is CC1(C)CCC(C)(C)c2cc(N3c4cc5c(cc4B4c6c3cc(N3c7ccccc7C7(C)CCCCC37C)cc6N(c3cccc6sc7ccccc7c36)c3ccc6c(oc7ccccc76)c34)C(C)(C)CCC5(C)C)ccc21. The summed E-state index contributed by atoms with van der Waals surface area (Å²) in [6, 6.07) is 57.4. The molecule has 78 heavy (non-hydrogen) atoms. The Bertz CT molecular complexity index is 4270. The van der Waals surface area contributed by atoms with Crippen LogP contribution in [0.5, 0.6) is 0 Å². The third kappa shape index (κ3) is 6.08. The molecule has 388 valence electrons. The zero-order valence-electron chi connectivity index (χ0n) is 47.2. The molecule has 10 aromatic rings. The Morgan fingerprint density at radius 1 is 0.423 bits per heavy atom. The van der Waals surface area contributed by atoms with Crippen LogP contribution in [0.2, 0.25) is 0 Å². The molecule has 0 N–H and O–H groups in total. The van der Waals surface area contributed by atoms with Crippen molar-refractivity contribution in [2.45, 2.75) is 153 Å². The van der Waals surface area contributed by atoms with Crippen molar-refractivity contribution >= 4 is 122 Å². The molecule has 8 aromatic carbocycles. The first kappa shape index (κ1) is 47.3. The van der Waals surface area contributed by atoms with E-state index in [2.05, 4.69) is 230 Å². The Kier molecular flexibility index (Phi) is 9.41. The van der Waals surface area contributed by atoms with Crippen LogP contribution < -0.4 is 31.1 Å². The number of thiophene rings is 1. The lowest BCUT2D eigenvalue weighted by molar-refractivity contribution is 0.195. The van der Waals surface area contributed by atoms with Crippen LogP contribution in [0.3, 0.4) is 0 Å². The zero-order valence-corrected chi connectivity index (χ0v) is 48.1. The topological polar surface area (TPSA) is 22.9 Å². The number of anilines is 8. The van der Waals surface area contributed by atoms with E-state index < -0.39 is 0 Å². The van der Waals surface area contributed by atoms with Gasteiger partial charge >= 0.3 is 0 Å². The molecule has 0 saturated heterocycles. The summed E-state index contributed by atoms with van der Waals surface area (Å²) >= 11 is 1.90. The molecule has 2 atom stereocenters. The molecule has 16 rings (SSSR count). The molecule has 5 heterocycles. The van der Waals surface area contributed by atoms with Crippen molar-refractivity contribution in [2.75, 3.05) is 14.7 Å². The first-order chi connectivity index (χ1) is 37.4. The minimum atomic E-state index is -0.149. The van der Waals surface area contributed by atoms with Gasteiger partial charge in [0.15, 0.2) is 0 Å². The molecule has 1 fully saturated rings. The predicted molar refractivity (Wildman–Crippen MR) is 334 cm³/mol. The molecule has 2 aromatic heterocycles. The smallest absolute Gasteiger partial charge is 0.257 e. The summed E-state index contributed by atoms with van der Waals surface area (Å²) in [6.45, 7) is 25.0. The minimum absolute atomic E-state index is 0.00470. The highest BCUT2D eigenvalue weighted by atomic mass is 32.1. The van der Waals surface area contributed by atoms with Gasteiger partial charge < -0.3 is 19.1 Å². The van der Waals surface area contributed by atoms with Gasteiger partial charge in [0, 0.05) is 76.2 Å². The maximum Gasteiger partial charge on any atom is 0.257 e. The molecule has 6 heteroatoms. The van der Waals surface area contributed by atoms with E-state index in [1.807, 2.05) is 11.3 Å². The largest absolute Gasteiger partial charge is 0.457 e. The minimum Gasteiger partial charge on any atom is -0.457 e. The van der Waals surface area contributed by atoms with E-state index in [0.29, 0.717) is 0 Å². The van der Waals surface area contributed by atoms with Crippen LogP contribution in [0.1, 0.15) is 148 Å². The second kappa shape index (κ2) is 15.5. The van der Waals surface area contributed by atoms with Gasteiger partial charge in [-0.25, -0.2) is 0 Å². The molecule has 0 radical (unpaired) electrons. The Balaban J connectivity index is 1.10. The fourth-order valence-corrected chi connectivity index (χ4v) is 17.9. The highest BCUT2D eigenvalue weighted by Gasteiger charge is 2.58. The molecule has 3 aliphatic carbocycles. The lowest BCUT2D eigenvalue weighted by Gasteiger charge is -2.51. The Hall–Kier alpha value is -6.76. The van der Waals surface area contributed by atoms with Gasteiger partial charge in [-0.2, -0.15) is 0 Å². The summed E-state index contributed by atoms with van der Waals surface area (Å²) in [7, 11) is 0. The molecular weight excluding hydrogens is 966 g/mol. The second-order valence-electron chi connectivity index (χ2n) is 27.6. The summed E-state index contributed by atoms with van der Waals surface area (Å²) in [5, 5.41) is 4.94. The monoisotopic (exact) mass is 1040 g/mol. The fraction of sp³-hybridized carbons (Fsp3) is 0.333. The van der Waals surface area contributed by atoms with E-state index in [4.69, 9.17) is 4.42 Å². The molecule has 4 nitrogen and oxygen atoms in total. The number of furan rings is 1. The molecule has 1 saturated carbocycles. The van der Waals surface area contributed by atoms with Gasteiger partial charge in [0.25, 0.3) is 6.71 Å². The van der Waals surface area contributed by atoms with Crippen LogP contribution in [0, 0.1) is 0 Å². The Labute approximate surface area is 465 Å². The summed E-state index contributed by atoms with van der Waals surface area (Å²) in [5.41, 5.74) is 23.3. The maximum atomic E-state index is 7.39. The second-order valence-corrected chi connectivity index (χ2v) is 28.7. The van der Waals surface area contributed by atoms with Gasteiger partial charge in [-0.3, -0.25) is 0 Å². The number of fused-ring (bicyclic) bond motifs is 16. The van der Waals surface area contributed by atoms with Crippen LogP contribution in [-0.4, -0.2) is 12.3 Å². The van der Waals surface area contributed by atoms with Gasteiger partial charge in [0.1, 0.15) is 11.2 Å². The first-order valence-electron chi connectivity index (χ1n) is 29.3. The van der Waals surface area contributed by atoms with E-state index in [1.54, 1.807) is 0 Å². The lowest BCUT2D eigenvalue weighted by atomic mass is 9.33. The average molecular weight is 1040 g/mol. The molecule has 6 aliphatic rings. The van der Waals surface area contributed by atoms with E-state index in [9.17, 15) is 0 Å². The van der Waals surface area contributed by atoms with Crippen LogP contribution in [0.15, 0.2) is 150 Å². The highest BCUT2D eigenvalue weighted by molar-refractivity contribution is 7.26. The van der Waals surface area contributed by atoms with Gasteiger partial charge in [-0.05, 0) is 184 Å². The van der Waals surface area contributed by atoms with E-state index in [-0.39, 0.29) is 39.3 Å². The summed E-state index contributed by atoms with van der Waals surface area (Å²) in [6.07, 6.45) is 9.40. The number of para-hydroxylation sites is 2. The van der Waals surface area contributed by atoms with E-state index in [1.165, 1.54) is 141 Å². The van der Waals surface area contributed by atoms with E-state index in [0.717, 1.165) is 42.2 Å². The molecule has 0 amide bonds. The molecular formula is C72H70BN3OS. The van der Waals surface area contributed by atoms with Crippen LogP contribution >= 0.6 is 11.3 Å². The predicted octanol–water partition coefficient (Wildman–Crippen LogP) is 18.5.